The summed E-state index contributed by atoms with van der Waals surface area (Å²) in [6.45, 7) is 3.15. The van der Waals surface area contributed by atoms with Crippen molar-refractivity contribution in [2.24, 2.45) is 11.6 Å². The van der Waals surface area contributed by atoms with Crippen molar-refractivity contribution in [3.8, 4) is 0 Å². The van der Waals surface area contributed by atoms with Gasteiger partial charge in [-0.15, -0.1) is 0 Å². The van der Waals surface area contributed by atoms with E-state index in [0.717, 1.165) is 11.1 Å². The second kappa shape index (κ2) is 4.61. The van der Waals surface area contributed by atoms with Gasteiger partial charge in [-0.3, -0.25) is 4.79 Å². The molecule has 5 nitrogen and oxygen atoms in total. The van der Waals surface area contributed by atoms with Gasteiger partial charge < -0.3 is 15.5 Å². The third-order valence-electron chi connectivity index (χ3n) is 4.12. The van der Waals surface area contributed by atoms with Gasteiger partial charge in [0.25, 0.3) is 0 Å². The molecule has 1 spiro atoms. The Morgan fingerprint density at radius 1 is 1.40 bits per heavy atom. The number of benzene rings is 1. The Hall–Kier alpha value is -1.85. The van der Waals surface area contributed by atoms with Crippen LogP contribution >= 0.6 is 0 Å². The van der Waals surface area contributed by atoms with Gasteiger partial charge >= 0.3 is 0 Å². The first-order valence-corrected chi connectivity index (χ1v) is 6.78. The highest BCUT2D eigenvalue weighted by Crippen LogP contribution is 2.44. The first kappa shape index (κ1) is 13.1. The Morgan fingerprint density at radius 2 is 2.10 bits per heavy atom. The number of nitrogens with two attached hydrogens (primary N) is 2. The molecule has 0 amide bonds. The second-order valence-corrected chi connectivity index (χ2v) is 5.52. The number of aryl methyl sites for hydroxylation is 1. The summed E-state index contributed by atoms with van der Waals surface area (Å²) < 4.78 is 5.55. The van der Waals surface area contributed by atoms with E-state index in [-0.39, 0.29) is 11.5 Å². The van der Waals surface area contributed by atoms with E-state index in [2.05, 4.69) is 0 Å². The Bertz CT molecular complexity index is 591. The number of carbonyl (C=O) groups is 1. The quantitative estimate of drug-likeness (QED) is 0.487. The molecule has 106 valence electrons. The van der Waals surface area contributed by atoms with Crippen LogP contribution in [0.15, 0.2) is 35.7 Å². The number of nitrogens with zero attached hydrogens (tertiary/aromatic N) is 1. The number of ketones is 1. The molecule has 20 heavy (non-hydrogen) atoms. The maximum Gasteiger partial charge on any atom is 0.180 e. The number of carbonyl (C=O) groups excluding carboxylic acids is 1. The molecule has 0 saturated carbocycles. The first-order valence-electron chi connectivity index (χ1n) is 6.78. The molecule has 1 aromatic carbocycles. The van der Waals surface area contributed by atoms with Crippen LogP contribution in [0.4, 0.5) is 0 Å². The van der Waals surface area contributed by atoms with Gasteiger partial charge in [-0.25, -0.2) is 5.84 Å². The molecule has 3 rings (SSSR count). The smallest absolute Gasteiger partial charge is 0.180 e. The average molecular weight is 273 g/mol. The van der Waals surface area contributed by atoms with Crippen LogP contribution in [0, 0.1) is 6.92 Å². The largest absolute Gasteiger partial charge is 0.394 e. The summed E-state index contributed by atoms with van der Waals surface area (Å²) in [5.41, 5.74) is 8.72. The summed E-state index contributed by atoms with van der Waals surface area (Å²) in [6, 6.07) is 8.03. The van der Waals surface area contributed by atoms with Crippen molar-refractivity contribution >= 4 is 5.78 Å². The lowest BCUT2D eigenvalue weighted by atomic mass is 9.89. The monoisotopic (exact) mass is 273 g/mol. The predicted octanol–water partition coefficient (Wildman–Crippen LogP) is 0.973. The Labute approximate surface area is 118 Å². The zero-order valence-corrected chi connectivity index (χ0v) is 11.6. The van der Waals surface area contributed by atoms with Gasteiger partial charge in [0.2, 0.25) is 0 Å². The van der Waals surface area contributed by atoms with Crippen molar-refractivity contribution in [1.82, 2.24) is 5.01 Å². The van der Waals surface area contributed by atoms with Crippen molar-refractivity contribution in [2.45, 2.75) is 31.9 Å². The van der Waals surface area contributed by atoms with E-state index in [1.54, 1.807) is 5.01 Å². The van der Waals surface area contributed by atoms with E-state index >= 15 is 0 Å². The molecule has 0 radical (unpaired) electrons. The molecule has 1 unspecified atom stereocenters. The van der Waals surface area contributed by atoms with Gasteiger partial charge in [-0.1, -0.05) is 24.3 Å². The third-order valence-corrected chi connectivity index (χ3v) is 4.12. The number of ether oxygens (including phenoxy) is 1. The minimum absolute atomic E-state index is 0.0404. The van der Waals surface area contributed by atoms with Gasteiger partial charge in [0.1, 0.15) is 5.60 Å². The van der Waals surface area contributed by atoms with Crippen LogP contribution in [-0.2, 0) is 16.1 Å². The number of hydrogen-bond acceptors (Lipinski definition) is 5. The Balaban J connectivity index is 1.89. The van der Waals surface area contributed by atoms with Crippen LogP contribution in [0.1, 0.15) is 24.0 Å². The minimum Gasteiger partial charge on any atom is -0.394 e. The molecule has 1 aromatic rings. The molecule has 1 atom stereocenters. The van der Waals surface area contributed by atoms with E-state index in [1.807, 2.05) is 31.2 Å². The lowest BCUT2D eigenvalue weighted by molar-refractivity contribution is -0.116. The highest BCUT2D eigenvalue weighted by molar-refractivity contribution is 5.96. The standard InChI is InChI=1S/C15H19N3O2/c1-10-4-2-3-5-11(10)8-18(17)14-13(16)12(19)6-7-15(14)9-20-15/h2-5H,6-9,16-17H2,1H3. The summed E-state index contributed by atoms with van der Waals surface area (Å²) in [6.07, 6.45) is 1.11. The normalized spacial score (nSPS) is 25.2. The SMILES string of the molecule is Cc1ccccc1CN(N)C1=C(N)C(=O)CCC12CO2. The molecule has 0 aromatic heterocycles. The van der Waals surface area contributed by atoms with Crippen LogP contribution in [0.3, 0.4) is 0 Å². The van der Waals surface area contributed by atoms with Crippen molar-refractivity contribution in [3.05, 3.63) is 46.8 Å². The predicted molar refractivity (Wildman–Crippen MR) is 75.0 cm³/mol. The van der Waals surface area contributed by atoms with Gasteiger partial charge in [-0.2, -0.15) is 0 Å². The first-order chi connectivity index (χ1) is 9.53. The van der Waals surface area contributed by atoms with E-state index in [0.29, 0.717) is 31.7 Å². The van der Waals surface area contributed by atoms with Crippen molar-refractivity contribution in [2.75, 3.05) is 6.61 Å². The molecule has 2 aliphatic rings. The van der Waals surface area contributed by atoms with Crippen LogP contribution < -0.4 is 11.6 Å². The van der Waals surface area contributed by atoms with Crippen LogP contribution in [0.5, 0.6) is 0 Å². The molecule has 5 heteroatoms. The fourth-order valence-corrected chi connectivity index (χ4v) is 2.78. The summed E-state index contributed by atoms with van der Waals surface area (Å²) in [4.78, 5) is 11.8. The molecular formula is C15H19N3O2. The molecule has 1 saturated heterocycles. The number of epoxide rings is 1. The van der Waals surface area contributed by atoms with E-state index in [4.69, 9.17) is 16.3 Å². The lowest BCUT2D eigenvalue weighted by Crippen LogP contribution is -2.43. The molecule has 4 N–H and O–H groups in total. The van der Waals surface area contributed by atoms with Gasteiger partial charge in [-0.05, 0) is 24.5 Å². The molecule has 1 heterocycles. The van der Waals surface area contributed by atoms with E-state index in [9.17, 15) is 4.79 Å². The van der Waals surface area contributed by atoms with Gasteiger partial charge in [0, 0.05) is 6.42 Å². The maximum absolute atomic E-state index is 11.8. The summed E-state index contributed by atoms with van der Waals surface area (Å²) in [7, 11) is 0. The number of hydrogen-bond donors (Lipinski definition) is 2. The number of Topliss-reactive ketones (excluding diaryl/α,β-unsaturated/α-hetero) is 1. The highest BCUT2D eigenvalue weighted by Gasteiger charge is 2.54. The van der Waals surface area contributed by atoms with Crippen molar-refractivity contribution in [3.63, 3.8) is 0 Å². The Kier molecular flexibility index (Phi) is 3.03. The fourth-order valence-electron chi connectivity index (χ4n) is 2.78. The number of rotatable bonds is 3. The van der Waals surface area contributed by atoms with Crippen LogP contribution in [0.25, 0.3) is 0 Å². The van der Waals surface area contributed by atoms with Crippen LogP contribution in [-0.4, -0.2) is 23.0 Å². The molecular weight excluding hydrogens is 254 g/mol. The summed E-state index contributed by atoms with van der Waals surface area (Å²) in [5.74, 6) is 6.14. The lowest BCUT2D eigenvalue weighted by Gasteiger charge is -2.31. The topological polar surface area (TPSA) is 84.9 Å². The highest BCUT2D eigenvalue weighted by atomic mass is 16.6. The maximum atomic E-state index is 11.8. The van der Waals surface area contributed by atoms with Crippen molar-refractivity contribution in [1.29, 1.82) is 0 Å². The van der Waals surface area contributed by atoms with Crippen LogP contribution in [0.2, 0.25) is 0 Å². The zero-order valence-electron chi connectivity index (χ0n) is 11.6. The fraction of sp³-hybridized carbons (Fsp3) is 0.400. The molecule has 1 fully saturated rings. The van der Waals surface area contributed by atoms with E-state index in [1.165, 1.54) is 0 Å². The Morgan fingerprint density at radius 3 is 2.75 bits per heavy atom. The molecule has 1 aliphatic carbocycles. The van der Waals surface area contributed by atoms with E-state index < -0.39 is 5.60 Å². The van der Waals surface area contributed by atoms with Crippen molar-refractivity contribution < 1.29 is 9.53 Å². The summed E-state index contributed by atoms with van der Waals surface area (Å²) >= 11 is 0. The second-order valence-electron chi connectivity index (χ2n) is 5.52. The average Bonchev–Trinajstić information content (AvgIpc) is 3.18. The van der Waals surface area contributed by atoms with Gasteiger partial charge in [0.15, 0.2) is 5.78 Å². The number of allylic oxidation sites excluding steroid dienone is 1. The molecule has 1 aliphatic heterocycles. The third kappa shape index (κ3) is 2.09. The molecule has 0 bridgehead atoms. The zero-order chi connectivity index (χ0) is 14.3. The van der Waals surface area contributed by atoms with Gasteiger partial charge in [0.05, 0.1) is 24.5 Å². The summed E-state index contributed by atoms with van der Waals surface area (Å²) in [5, 5.41) is 1.57. The minimum atomic E-state index is -0.421. The number of hydrazine groups is 1.